The molecule has 0 radical (unpaired) electrons. The number of rotatable bonds is 4. The van der Waals surface area contributed by atoms with Crippen molar-refractivity contribution in [2.45, 2.75) is 25.0 Å². The maximum absolute atomic E-state index is 13.2. The summed E-state index contributed by atoms with van der Waals surface area (Å²) in [6.07, 6.45) is -7.69. The van der Waals surface area contributed by atoms with Gasteiger partial charge in [0.1, 0.15) is 5.71 Å². The third kappa shape index (κ3) is 3.20. The Morgan fingerprint density at radius 2 is 1.58 bits per heavy atom. The highest BCUT2D eigenvalue weighted by atomic mass is 19.3. The zero-order chi connectivity index (χ0) is 18.9. The van der Waals surface area contributed by atoms with Crippen molar-refractivity contribution in [1.29, 1.82) is 0 Å². The summed E-state index contributed by atoms with van der Waals surface area (Å²) in [6.45, 7) is 0. The topological polar surface area (TPSA) is 52.9 Å². The molecule has 0 aromatic heterocycles. The van der Waals surface area contributed by atoms with E-state index in [9.17, 15) is 27.5 Å². The Hall–Kier alpha value is -2.74. The van der Waals surface area contributed by atoms with E-state index in [-0.39, 0.29) is 10.6 Å². The average Bonchev–Trinajstić information content (AvgIpc) is 3.01. The number of aliphatic hydroxyl groups is 1. The molecule has 0 aliphatic carbocycles. The summed E-state index contributed by atoms with van der Waals surface area (Å²) in [5.74, 6) is -1.08. The van der Waals surface area contributed by atoms with Gasteiger partial charge in [-0.2, -0.15) is 10.1 Å². The van der Waals surface area contributed by atoms with Crippen molar-refractivity contribution in [1.82, 2.24) is 5.01 Å². The number of hydrazone groups is 1. The number of carbonyl (C=O) groups is 1. The van der Waals surface area contributed by atoms with Gasteiger partial charge in [0.2, 0.25) is 5.72 Å². The van der Waals surface area contributed by atoms with Gasteiger partial charge >= 0.3 is 0 Å². The summed E-state index contributed by atoms with van der Waals surface area (Å²) in [4.78, 5) is 12.5. The molecule has 1 atom stereocenters. The number of halogens is 4. The molecule has 1 amide bonds. The van der Waals surface area contributed by atoms with Gasteiger partial charge in [0.15, 0.2) is 0 Å². The van der Waals surface area contributed by atoms with Gasteiger partial charge in [-0.25, -0.2) is 17.6 Å². The Kier molecular flexibility index (Phi) is 4.78. The lowest BCUT2D eigenvalue weighted by Crippen LogP contribution is -2.51. The fourth-order valence-electron chi connectivity index (χ4n) is 2.66. The first-order chi connectivity index (χ1) is 12.3. The van der Waals surface area contributed by atoms with Crippen LogP contribution in [0.5, 0.6) is 0 Å². The van der Waals surface area contributed by atoms with Gasteiger partial charge in [0.25, 0.3) is 18.8 Å². The maximum atomic E-state index is 13.2. The maximum Gasteiger partial charge on any atom is 0.287 e. The highest BCUT2D eigenvalue weighted by Crippen LogP contribution is 2.34. The molecule has 0 saturated carbocycles. The summed E-state index contributed by atoms with van der Waals surface area (Å²) in [5, 5.41) is 13.3. The van der Waals surface area contributed by atoms with E-state index >= 15 is 0 Å². The molecule has 0 spiro atoms. The molecule has 1 heterocycles. The predicted molar refractivity (Wildman–Crippen MR) is 87.1 cm³/mol. The quantitative estimate of drug-likeness (QED) is 0.838. The minimum atomic E-state index is -3.45. The Labute approximate surface area is 146 Å². The normalized spacial score (nSPS) is 20.0. The minimum absolute atomic E-state index is 0.0523. The second-order valence-corrected chi connectivity index (χ2v) is 5.81. The van der Waals surface area contributed by atoms with E-state index in [1.807, 2.05) is 30.3 Å². The lowest BCUT2D eigenvalue weighted by Gasteiger charge is -2.30. The first kappa shape index (κ1) is 18.1. The third-order valence-corrected chi connectivity index (χ3v) is 4.07. The van der Waals surface area contributed by atoms with Gasteiger partial charge in [-0.1, -0.05) is 42.5 Å². The van der Waals surface area contributed by atoms with Crippen LogP contribution in [0.4, 0.5) is 17.6 Å². The molecule has 26 heavy (non-hydrogen) atoms. The van der Waals surface area contributed by atoms with Crippen LogP contribution in [0, 0.1) is 0 Å². The molecule has 8 heteroatoms. The predicted octanol–water partition coefficient (Wildman–Crippen LogP) is 3.77. The van der Waals surface area contributed by atoms with Crippen molar-refractivity contribution in [2.24, 2.45) is 5.10 Å². The van der Waals surface area contributed by atoms with E-state index < -0.39 is 36.6 Å². The third-order valence-electron chi connectivity index (χ3n) is 4.07. The zero-order valence-electron chi connectivity index (χ0n) is 13.3. The molecule has 4 nitrogen and oxygen atoms in total. The van der Waals surface area contributed by atoms with E-state index in [0.29, 0.717) is 0 Å². The number of carbonyl (C=O) groups excluding carboxylic acids is 1. The number of hydrogen-bond acceptors (Lipinski definition) is 3. The molecule has 0 fully saturated rings. The molecule has 136 valence electrons. The van der Waals surface area contributed by atoms with E-state index in [0.717, 1.165) is 11.1 Å². The first-order valence-corrected chi connectivity index (χ1v) is 7.69. The lowest BCUT2D eigenvalue weighted by molar-refractivity contribution is -0.164. The van der Waals surface area contributed by atoms with Gasteiger partial charge < -0.3 is 5.11 Å². The molecule has 0 saturated heterocycles. The van der Waals surface area contributed by atoms with Crippen LogP contribution in [0.1, 0.15) is 16.8 Å². The fourth-order valence-corrected chi connectivity index (χ4v) is 2.66. The molecule has 2 aromatic carbocycles. The van der Waals surface area contributed by atoms with Crippen LogP contribution in [-0.2, 0) is 0 Å². The van der Waals surface area contributed by atoms with Crippen LogP contribution >= 0.6 is 0 Å². The Morgan fingerprint density at radius 1 is 1.00 bits per heavy atom. The number of amides is 1. The van der Waals surface area contributed by atoms with Crippen LogP contribution in [0.2, 0.25) is 0 Å². The number of nitrogens with zero attached hydrogens (tertiary/aromatic N) is 2. The van der Waals surface area contributed by atoms with Crippen molar-refractivity contribution in [3.63, 3.8) is 0 Å². The summed E-state index contributed by atoms with van der Waals surface area (Å²) < 4.78 is 52.0. The summed E-state index contributed by atoms with van der Waals surface area (Å²) >= 11 is 0. The minimum Gasteiger partial charge on any atom is -0.364 e. The van der Waals surface area contributed by atoms with E-state index in [1.165, 1.54) is 12.1 Å². The monoisotopic (exact) mass is 366 g/mol. The van der Waals surface area contributed by atoms with Crippen molar-refractivity contribution >= 4 is 11.6 Å². The van der Waals surface area contributed by atoms with E-state index in [1.54, 1.807) is 12.1 Å². The molecule has 1 N–H and O–H groups in total. The smallest absolute Gasteiger partial charge is 0.287 e. The standard InChI is InChI=1S/C18H14F4N2O2/c19-15(20)14-10-18(26,17(21)22)24(23-14)16(25)13-8-6-12(7-9-13)11-4-2-1-3-5-11/h1-9,15,17,26H,10H2. The van der Waals surface area contributed by atoms with Crippen LogP contribution < -0.4 is 0 Å². The molecule has 1 aliphatic heterocycles. The lowest BCUT2D eigenvalue weighted by atomic mass is 10.0. The zero-order valence-corrected chi connectivity index (χ0v) is 13.3. The van der Waals surface area contributed by atoms with Crippen LogP contribution in [0.3, 0.4) is 0 Å². The van der Waals surface area contributed by atoms with Gasteiger partial charge in [-0.05, 0) is 23.3 Å². The first-order valence-electron chi connectivity index (χ1n) is 7.69. The van der Waals surface area contributed by atoms with Crippen LogP contribution in [-0.4, -0.2) is 40.3 Å². The van der Waals surface area contributed by atoms with Gasteiger partial charge in [0, 0.05) is 12.0 Å². The SMILES string of the molecule is O=C(c1ccc(-c2ccccc2)cc1)N1N=C(C(F)F)CC1(O)C(F)F. The van der Waals surface area contributed by atoms with Crippen LogP contribution in [0.25, 0.3) is 11.1 Å². The summed E-state index contributed by atoms with van der Waals surface area (Å²) in [7, 11) is 0. The molecule has 0 bridgehead atoms. The van der Waals surface area contributed by atoms with Gasteiger partial charge in [0.05, 0.1) is 0 Å². The molecular formula is C18H14F4N2O2. The Balaban J connectivity index is 1.90. The summed E-state index contributed by atoms with van der Waals surface area (Å²) in [5.41, 5.74) is -2.43. The van der Waals surface area contributed by atoms with Crippen molar-refractivity contribution in [2.75, 3.05) is 0 Å². The second kappa shape index (κ2) is 6.87. The number of benzene rings is 2. The molecule has 3 rings (SSSR count). The molecule has 1 unspecified atom stereocenters. The van der Waals surface area contributed by atoms with Crippen molar-refractivity contribution in [3.05, 3.63) is 60.2 Å². The van der Waals surface area contributed by atoms with E-state index in [4.69, 9.17) is 0 Å². The molecule has 1 aliphatic rings. The largest absolute Gasteiger partial charge is 0.364 e. The Bertz CT molecular complexity index is 825. The highest BCUT2D eigenvalue weighted by molar-refractivity contribution is 5.99. The van der Waals surface area contributed by atoms with Gasteiger partial charge in [-0.15, -0.1) is 0 Å². The van der Waals surface area contributed by atoms with Crippen molar-refractivity contribution in [3.8, 4) is 11.1 Å². The Morgan fingerprint density at radius 3 is 2.12 bits per heavy atom. The second-order valence-electron chi connectivity index (χ2n) is 5.81. The van der Waals surface area contributed by atoms with Crippen LogP contribution in [0.15, 0.2) is 59.7 Å². The number of hydrogen-bond donors (Lipinski definition) is 1. The van der Waals surface area contributed by atoms with Crippen molar-refractivity contribution < 1.29 is 27.5 Å². The van der Waals surface area contributed by atoms with Gasteiger partial charge in [-0.3, -0.25) is 4.79 Å². The molecular weight excluding hydrogens is 352 g/mol. The number of alkyl halides is 4. The summed E-state index contributed by atoms with van der Waals surface area (Å²) in [6, 6.07) is 15.1. The molecule has 2 aromatic rings. The highest BCUT2D eigenvalue weighted by Gasteiger charge is 2.53. The average molecular weight is 366 g/mol. The fraction of sp³-hybridized carbons (Fsp3) is 0.222. The van der Waals surface area contributed by atoms with E-state index in [2.05, 4.69) is 5.10 Å².